The molecule has 0 fully saturated rings. The molecule has 0 aliphatic carbocycles. The van der Waals surface area contributed by atoms with Crippen LogP contribution in [0, 0.1) is 11.3 Å². The van der Waals surface area contributed by atoms with Gasteiger partial charge >= 0.3 is 0 Å². The normalized spacial score (nSPS) is 10.1. The fourth-order valence-electron chi connectivity index (χ4n) is 2.18. The number of ether oxygens (including phenoxy) is 1. The van der Waals surface area contributed by atoms with E-state index in [4.69, 9.17) is 21.6 Å². The maximum absolute atomic E-state index is 8.93. The molecule has 0 aliphatic heterocycles. The first-order chi connectivity index (χ1) is 10.6. The van der Waals surface area contributed by atoms with Crippen molar-refractivity contribution in [2.24, 2.45) is 0 Å². The van der Waals surface area contributed by atoms with Crippen molar-refractivity contribution in [3.05, 3.63) is 52.5 Å². The van der Waals surface area contributed by atoms with E-state index in [0.717, 1.165) is 28.4 Å². The molecular weight excluding hydrogens is 316 g/mol. The van der Waals surface area contributed by atoms with Crippen molar-refractivity contribution < 1.29 is 4.74 Å². The summed E-state index contributed by atoms with van der Waals surface area (Å²) in [5.74, 6) is 0.885. The van der Waals surface area contributed by atoms with Crippen molar-refractivity contribution in [1.82, 2.24) is 0 Å². The van der Waals surface area contributed by atoms with E-state index in [1.165, 1.54) is 0 Å². The molecule has 2 aromatic rings. The average Bonchev–Trinajstić information content (AvgIpc) is 2.54. The quantitative estimate of drug-likeness (QED) is 0.751. The second kappa shape index (κ2) is 7.44. The van der Waals surface area contributed by atoms with E-state index in [0.29, 0.717) is 10.6 Å². The fraction of sp³-hybridized carbons (Fsp3) is 0.235. The number of nitrogens with zero attached hydrogens (tertiary/aromatic N) is 2. The lowest BCUT2D eigenvalue weighted by Gasteiger charge is -2.20. The molecule has 0 radical (unpaired) electrons. The summed E-state index contributed by atoms with van der Waals surface area (Å²) in [6, 6.07) is 13.7. The molecule has 5 heteroatoms. The molecule has 2 rings (SSSR count). The van der Waals surface area contributed by atoms with Crippen molar-refractivity contribution in [1.29, 1.82) is 5.26 Å². The van der Waals surface area contributed by atoms with Crippen LogP contribution in [-0.4, -0.2) is 20.4 Å². The SMILES string of the molecule is COc1cc(CN(C)c2ccc(C#N)c(Cl)c2)ccc1SC. The third-order valence-electron chi connectivity index (χ3n) is 3.38. The first kappa shape index (κ1) is 16.5. The highest BCUT2D eigenvalue weighted by Crippen LogP contribution is 2.29. The lowest BCUT2D eigenvalue weighted by molar-refractivity contribution is 0.404. The van der Waals surface area contributed by atoms with Crippen LogP contribution >= 0.6 is 23.4 Å². The van der Waals surface area contributed by atoms with Gasteiger partial charge in [0.05, 0.1) is 17.7 Å². The molecule has 0 atom stereocenters. The molecule has 22 heavy (non-hydrogen) atoms. The van der Waals surface area contributed by atoms with Gasteiger partial charge in [-0.05, 0) is 42.2 Å². The van der Waals surface area contributed by atoms with E-state index in [9.17, 15) is 0 Å². The van der Waals surface area contributed by atoms with E-state index in [2.05, 4.69) is 23.1 Å². The third kappa shape index (κ3) is 3.68. The van der Waals surface area contributed by atoms with Crippen molar-refractivity contribution in [2.75, 3.05) is 25.3 Å². The maximum Gasteiger partial charge on any atom is 0.132 e. The molecular formula is C17H17ClN2OS. The first-order valence-electron chi connectivity index (χ1n) is 6.70. The zero-order valence-corrected chi connectivity index (χ0v) is 14.3. The summed E-state index contributed by atoms with van der Waals surface area (Å²) in [6.07, 6.45) is 2.03. The zero-order valence-electron chi connectivity index (χ0n) is 12.8. The Bertz CT molecular complexity index is 712. The Labute approximate surface area is 140 Å². The van der Waals surface area contributed by atoms with Gasteiger partial charge in [0.15, 0.2) is 0 Å². The lowest BCUT2D eigenvalue weighted by Crippen LogP contribution is -2.16. The van der Waals surface area contributed by atoms with Gasteiger partial charge in [-0.3, -0.25) is 0 Å². The van der Waals surface area contributed by atoms with Crippen LogP contribution in [0.4, 0.5) is 5.69 Å². The molecule has 0 unspecified atom stereocenters. The highest BCUT2D eigenvalue weighted by molar-refractivity contribution is 7.98. The molecule has 0 aromatic heterocycles. The Hall–Kier alpha value is -1.83. The molecule has 0 spiro atoms. The van der Waals surface area contributed by atoms with Gasteiger partial charge in [0.1, 0.15) is 11.8 Å². The number of methoxy groups -OCH3 is 1. The Morgan fingerprint density at radius 3 is 2.64 bits per heavy atom. The molecule has 0 N–H and O–H groups in total. The van der Waals surface area contributed by atoms with E-state index in [1.54, 1.807) is 24.9 Å². The Kier molecular flexibility index (Phi) is 5.59. The van der Waals surface area contributed by atoms with Gasteiger partial charge in [-0.2, -0.15) is 5.26 Å². The number of thioether (sulfide) groups is 1. The second-order valence-corrected chi connectivity index (χ2v) is 6.08. The van der Waals surface area contributed by atoms with Gasteiger partial charge in [0, 0.05) is 24.2 Å². The largest absolute Gasteiger partial charge is 0.496 e. The highest BCUT2D eigenvalue weighted by atomic mass is 35.5. The molecule has 3 nitrogen and oxygen atoms in total. The summed E-state index contributed by atoms with van der Waals surface area (Å²) in [7, 11) is 3.68. The van der Waals surface area contributed by atoms with Gasteiger partial charge in [0.25, 0.3) is 0 Å². The molecule has 0 saturated carbocycles. The van der Waals surface area contributed by atoms with Gasteiger partial charge < -0.3 is 9.64 Å². The summed E-state index contributed by atoms with van der Waals surface area (Å²) >= 11 is 7.76. The molecule has 0 amide bonds. The number of nitriles is 1. The van der Waals surface area contributed by atoms with Crippen molar-refractivity contribution in [3.63, 3.8) is 0 Å². The van der Waals surface area contributed by atoms with Gasteiger partial charge in [-0.15, -0.1) is 11.8 Å². The Balaban J connectivity index is 2.20. The summed E-state index contributed by atoms with van der Waals surface area (Å²) in [6.45, 7) is 0.729. The summed E-state index contributed by atoms with van der Waals surface area (Å²) in [4.78, 5) is 3.20. The summed E-state index contributed by atoms with van der Waals surface area (Å²) in [5.41, 5.74) is 2.61. The Morgan fingerprint density at radius 2 is 2.05 bits per heavy atom. The van der Waals surface area contributed by atoms with Crippen LogP contribution in [0.25, 0.3) is 0 Å². The molecule has 2 aromatic carbocycles. The van der Waals surface area contributed by atoms with Crippen LogP contribution in [0.1, 0.15) is 11.1 Å². The number of halogens is 1. The molecule has 0 bridgehead atoms. The minimum atomic E-state index is 0.474. The van der Waals surface area contributed by atoms with Crippen molar-refractivity contribution in [3.8, 4) is 11.8 Å². The topological polar surface area (TPSA) is 36.3 Å². The van der Waals surface area contributed by atoms with Crippen molar-refractivity contribution >= 4 is 29.1 Å². The lowest BCUT2D eigenvalue weighted by atomic mass is 10.1. The molecule has 0 aliphatic rings. The number of hydrogen-bond donors (Lipinski definition) is 0. The van der Waals surface area contributed by atoms with E-state index < -0.39 is 0 Å². The molecule has 0 saturated heterocycles. The van der Waals surface area contributed by atoms with Crippen LogP contribution in [-0.2, 0) is 6.54 Å². The third-order valence-corrected chi connectivity index (χ3v) is 4.47. The first-order valence-corrected chi connectivity index (χ1v) is 8.31. The predicted octanol–water partition coefficient (Wildman–Crippen LogP) is 4.58. The van der Waals surface area contributed by atoms with Crippen molar-refractivity contribution in [2.45, 2.75) is 11.4 Å². The van der Waals surface area contributed by atoms with Crippen LogP contribution in [0.15, 0.2) is 41.3 Å². The van der Waals surface area contributed by atoms with Crippen LogP contribution < -0.4 is 9.64 Å². The number of benzene rings is 2. The van der Waals surface area contributed by atoms with Gasteiger partial charge in [-0.1, -0.05) is 17.7 Å². The van der Waals surface area contributed by atoms with Gasteiger partial charge in [-0.25, -0.2) is 0 Å². The minimum absolute atomic E-state index is 0.474. The summed E-state index contributed by atoms with van der Waals surface area (Å²) in [5, 5.41) is 9.40. The van der Waals surface area contributed by atoms with E-state index in [-0.39, 0.29) is 0 Å². The predicted molar refractivity (Wildman–Crippen MR) is 93.0 cm³/mol. The van der Waals surface area contributed by atoms with Gasteiger partial charge in [0.2, 0.25) is 0 Å². The average molecular weight is 333 g/mol. The van der Waals surface area contributed by atoms with E-state index >= 15 is 0 Å². The fourth-order valence-corrected chi connectivity index (χ4v) is 2.94. The smallest absolute Gasteiger partial charge is 0.132 e. The second-order valence-electron chi connectivity index (χ2n) is 4.82. The van der Waals surface area contributed by atoms with Crippen LogP contribution in [0.3, 0.4) is 0 Å². The number of rotatable bonds is 5. The number of hydrogen-bond acceptors (Lipinski definition) is 4. The van der Waals surface area contributed by atoms with Crippen LogP contribution in [0.2, 0.25) is 5.02 Å². The maximum atomic E-state index is 8.93. The molecule has 114 valence electrons. The monoisotopic (exact) mass is 332 g/mol. The molecule has 0 heterocycles. The summed E-state index contributed by atoms with van der Waals surface area (Å²) < 4.78 is 5.42. The number of anilines is 1. The Morgan fingerprint density at radius 1 is 1.27 bits per heavy atom. The van der Waals surface area contributed by atoms with E-state index in [1.807, 2.05) is 31.5 Å². The minimum Gasteiger partial charge on any atom is -0.496 e. The van der Waals surface area contributed by atoms with Crippen LogP contribution in [0.5, 0.6) is 5.75 Å². The standard InChI is InChI=1S/C17H17ClN2OS/c1-20(14-6-5-13(10-19)15(18)9-14)11-12-4-7-17(22-3)16(8-12)21-2/h4-9H,11H2,1-3H3. The highest BCUT2D eigenvalue weighted by Gasteiger charge is 2.08. The zero-order chi connectivity index (χ0) is 16.1.